The van der Waals surface area contributed by atoms with Crippen molar-refractivity contribution < 1.29 is 22.6 Å². The van der Waals surface area contributed by atoms with E-state index in [1.54, 1.807) is 5.43 Å². The van der Waals surface area contributed by atoms with E-state index < -0.39 is 12.2 Å². The molecule has 0 saturated heterocycles. The molecule has 7 heteroatoms. The minimum Gasteiger partial charge on any atom is -0.486 e. The molecule has 0 saturated carbocycles. The monoisotopic (exact) mass is 248 g/mol. The van der Waals surface area contributed by atoms with E-state index >= 15 is 0 Å². The van der Waals surface area contributed by atoms with Gasteiger partial charge in [-0.25, -0.2) is 5.43 Å². The van der Waals surface area contributed by atoms with Crippen LogP contribution in [0, 0.1) is 0 Å². The summed E-state index contributed by atoms with van der Waals surface area (Å²) >= 11 is 0. The van der Waals surface area contributed by atoms with Gasteiger partial charge in [0.05, 0.1) is 0 Å². The smallest absolute Gasteiger partial charge is 0.409 e. The van der Waals surface area contributed by atoms with Crippen molar-refractivity contribution in [3.63, 3.8) is 0 Å². The molecule has 1 aromatic rings. The Hall–Kier alpha value is -1.47. The van der Waals surface area contributed by atoms with Crippen LogP contribution < -0.4 is 20.7 Å². The predicted molar refractivity (Wildman–Crippen MR) is 53.6 cm³/mol. The van der Waals surface area contributed by atoms with Crippen molar-refractivity contribution in [1.29, 1.82) is 0 Å². The van der Waals surface area contributed by atoms with E-state index in [1.807, 2.05) is 0 Å². The molecule has 17 heavy (non-hydrogen) atoms. The van der Waals surface area contributed by atoms with Crippen molar-refractivity contribution in [2.24, 2.45) is 5.84 Å². The Labute approximate surface area is 95.5 Å². The van der Waals surface area contributed by atoms with E-state index in [9.17, 15) is 13.2 Å². The number of alkyl halides is 3. The molecule has 0 radical (unpaired) electrons. The zero-order chi connectivity index (χ0) is 12.5. The van der Waals surface area contributed by atoms with Gasteiger partial charge in [0.25, 0.3) is 0 Å². The molecule has 0 aromatic heterocycles. The molecule has 1 atom stereocenters. The van der Waals surface area contributed by atoms with Gasteiger partial charge in [-0.05, 0) is 17.7 Å². The molecule has 3 N–H and O–H groups in total. The van der Waals surface area contributed by atoms with Crippen LogP contribution in [0.15, 0.2) is 18.2 Å². The Kier molecular flexibility index (Phi) is 3.12. The van der Waals surface area contributed by atoms with Crippen molar-refractivity contribution in [3.8, 4) is 11.5 Å². The highest BCUT2D eigenvalue weighted by molar-refractivity contribution is 5.44. The van der Waals surface area contributed by atoms with Gasteiger partial charge in [0, 0.05) is 0 Å². The van der Waals surface area contributed by atoms with Crippen LogP contribution in [0.5, 0.6) is 11.5 Å². The lowest BCUT2D eigenvalue weighted by Gasteiger charge is -2.23. The third-order valence-corrected chi connectivity index (χ3v) is 2.39. The standard InChI is InChI=1S/C10H11F3N2O2/c11-10(12,13)9(15-14)6-1-2-7-8(5-6)17-4-3-16-7/h1-2,5,9,15H,3-4,14H2. The van der Waals surface area contributed by atoms with E-state index in [2.05, 4.69) is 0 Å². The lowest BCUT2D eigenvalue weighted by molar-refractivity contribution is -0.157. The molecule has 0 spiro atoms. The average molecular weight is 248 g/mol. The summed E-state index contributed by atoms with van der Waals surface area (Å²) in [5.74, 6) is 5.67. The minimum atomic E-state index is -4.46. The number of rotatable bonds is 2. The molecule has 0 amide bonds. The molecular formula is C10H11F3N2O2. The van der Waals surface area contributed by atoms with Gasteiger partial charge in [-0.2, -0.15) is 13.2 Å². The molecule has 1 aliphatic heterocycles. The van der Waals surface area contributed by atoms with E-state index in [1.165, 1.54) is 18.2 Å². The SMILES string of the molecule is NNC(c1ccc2c(c1)OCCO2)C(F)(F)F. The molecule has 4 nitrogen and oxygen atoms in total. The van der Waals surface area contributed by atoms with Gasteiger partial charge in [-0.15, -0.1) is 0 Å². The summed E-state index contributed by atoms with van der Waals surface area (Å²) in [6.45, 7) is 0.716. The van der Waals surface area contributed by atoms with Gasteiger partial charge in [0.1, 0.15) is 19.3 Å². The lowest BCUT2D eigenvalue weighted by atomic mass is 10.1. The summed E-state index contributed by atoms with van der Waals surface area (Å²) in [5, 5.41) is 0. The summed E-state index contributed by atoms with van der Waals surface area (Å²) in [5.41, 5.74) is 1.73. The highest BCUT2D eigenvalue weighted by Crippen LogP contribution is 2.37. The molecule has 0 fully saturated rings. The van der Waals surface area contributed by atoms with Crippen molar-refractivity contribution in [2.45, 2.75) is 12.2 Å². The quantitative estimate of drug-likeness (QED) is 0.615. The second-order valence-electron chi connectivity index (χ2n) is 3.54. The predicted octanol–water partition coefficient (Wildman–Crippen LogP) is 1.52. The molecule has 0 bridgehead atoms. The first-order valence-corrected chi connectivity index (χ1v) is 4.95. The third-order valence-electron chi connectivity index (χ3n) is 2.39. The minimum absolute atomic E-state index is 0.00995. The molecule has 1 unspecified atom stereocenters. The molecule has 1 heterocycles. The van der Waals surface area contributed by atoms with Gasteiger partial charge in [0.2, 0.25) is 0 Å². The number of ether oxygens (including phenoxy) is 2. The van der Waals surface area contributed by atoms with Gasteiger partial charge in [-0.3, -0.25) is 5.84 Å². The summed E-state index contributed by atoms with van der Waals surface area (Å²) in [6, 6.07) is 2.12. The maximum Gasteiger partial charge on any atom is 0.409 e. The molecule has 94 valence electrons. The normalized spacial score (nSPS) is 16.7. The Morgan fingerprint density at radius 3 is 2.41 bits per heavy atom. The zero-order valence-corrected chi connectivity index (χ0v) is 8.75. The highest BCUT2D eigenvalue weighted by Gasteiger charge is 2.40. The van der Waals surface area contributed by atoms with Crippen molar-refractivity contribution in [2.75, 3.05) is 13.2 Å². The largest absolute Gasteiger partial charge is 0.486 e. The van der Waals surface area contributed by atoms with E-state index in [0.717, 1.165) is 0 Å². The van der Waals surface area contributed by atoms with Crippen molar-refractivity contribution in [3.05, 3.63) is 23.8 Å². The van der Waals surface area contributed by atoms with Gasteiger partial charge in [-0.1, -0.05) is 6.07 Å². The lowest BCUT2D eigenvalue weighted by Crippen LogP contribution is -2.38. The number of hydrogen-bond donors (Lipinski definition) is 2. The molecule has 1 aromatic carbocycles. The van der Waals surface area contributed by atoms with Gasteiger partial charge >= 0.3 is 6.18 Å². The summed E-state index contributed by atoms with van der Waals surface area (Å²) in [7, 11) is 0. The number of nitrogens with two attached hydrogens (primary N) is 1. The first-order chi connectivity index (χ1) is 8.02. The topological polar surface area (TPSA) is 56.5 Å². The Bertz CT molecular complexity index is 409. The number of fused-ring (bicyclic) bond motifs is 1. The summed E-state index contributed by atoms with van der Waals surface area (Å²) in [4.78, 5) is 0. The Morgan fingerprint density at radius 2 is 1.82 bits per heavy atom. The third kappa shape index (κ3) is 2.45. The van der Waals surface area contributed by atoms with Crippen molar-refractivity contribution >= 4 is 0 Å². The number of benzene rings is 1. The number of nitrogens with one attached hydrogen (secondary N) is 1. The maximum absolute atomic E-state index is 12.6. The van der Waals surface area contributed by atoms with Crippen molar-refractivity contribution in [1.82, 2.24) is 5.43 Å². The van der Waals surface area contributed by atoms with E-state index in [-0.39, 0.29) is 5.56 Å². The molecule has 1 aliphatic rings. The van der Waals surface area contributed by atoms with Crippen LogP contribution in [0.1, 0.15) is 11.6 Å². The van der Waals surface area contributed by atoms with Crippen LogP contribution >= 0.6 is 0 Å². The average Bonchev–Trinajstić information content (AvgIpc) is 2.28. The van der Waals surface area contributed by atoms with Gasteiger partial charge < -0.3 is 9.47 Å². The second kappa shape index (κ2) is 4.42. The first-order valence-electron chi connectivity index (χ1n) is 4.95. The maximum atomic E-state index is 12.6. The fraction of sp³-hybridized carbons (Fsp3) is 0.400. The first kappa shape index (κ1) is 12.0. The van der Waals surface area contributed by atoms with Crippen LogP contribution in [0.25, 0.3) is 0 Å². The number of hydrogen-bond acceptors (Lipinski definition) is 4. The van der Waals surface area contributed by atoms with Crippen LogP contribution in [0.3, 0.4) is 0 Å². The molecule has 0 aliphatic carbocycles. The van der Waals surface area contributed by atoms with Gasteiger partial charge in [0.15, 0.2) is 11.5 Å². The molecular weight excluding hydrogens is 237 g/mol. The Balaban J connectivity index is 2.32. The summed E-state index contributed by atoms with van der Waals surface area (Å²) < 4.78 is 48.3. The van der Waals surface area contributed by atoms with E-state index in [4.69, 9.17) is 15.3 Å². The van der Waals surface area contributed by atoms with Crippen LogP contribution in [-0.4, -0.2) is 19.4 Å². The Morgan fingerprint density at radius 1 is 1.18 bits per heavy atom. The fourth-order valence-electron chi connectivity index (χ4n) is 1.62. The van der Waals surface area contributed by atoms with Crippen LogP contribution in [-0.2, 0) is 0 Å². The fourth-order valence-corrected chi connectivity index (χ4v) is 1.62. The summed E-state index contributed by atoms with van der Waals surface area (Å²) in [6.07, 6.45) is -4.46. The van der Waals surface area contributed by atoms with Crippen LogP contribution in [0.2, 0.25) is 0 Å². The number of hydrazine groups is 1. The second-order valence-corrected chi connectivity index (χ2v) is 3.54. The van der Waals surface area contributed by atoms with E-state index in [0.29, 0.717) is 24.7 Å². The molecule has 2 rings (SSSR count). The zero-order valence-electron chi connectivity index (χ0n) is 8.75. The highest BCUT2D eigenvalue weighted by atomic mass is 19.4. The van der Waals surface area contributed by atoms with Crippen LogP contribution in [0.4, 0.5) is 13.2 Å². The number of halogens is 3.